The number of rotatable bonds is 4. The van der Waals surface area contributed by atoms with Gasteiger partial charge in [-0.3, -0.25) is 4.79 Å². The summed E-state index contributed by atoms with van der Waals surface area (Å²) in [7, 11) is -4.23. The van der Waals surface area contributed by atoms with Gasteiger partial charge < -0.3 is 4.74 Å². The summed E-state index contributed by atoms with van der Waals surface area (Å²) in [4.78, 5) is 14.4. The lowest BCUT2D eigenvalue weighted by atomic mass is 10.3. The molecule has 0 saturated heterocycles. The molecular weight excluding hydrogens is 293 g/mol. The van der Waals surface area contributed by atoms with Crippen LogP contribution in [0.2, 0.25) is 0 Å². The number of ether oxygens (including phenoxy) is 1. The molecule has 5 nitrogen and oxygen atoms in total. The van der Waals surface area contributed by atoms with Crippen molar-refractivity contribution < 1.29 is 22.3 Å². The topological polar surface area (TPSA) is 73.3 Å². The molecular formula is C11H10FNO4S2. The Labute approximate surface area is 112 Å². The van der Waals surface area contributed by atoms with Crippen LogP contribution in [0.15, 0.2) is 28.6 Å². The number of carbonyl (C=O) groups excluding carboxylic acids is 1. The third kappa shape index (κ3) is 2.90. The molecule has 0 amide bonds. The molecule has 19 heavy (non-hydrogen) atoms. The first kappa shape index (κ1) is 13.9. The molecule has 1 unspecified atom stereocenters. The van der Waals surface area contributed by atoms with E-state index in [0.29, 0.717) is 10.2 Å². The Kier molecular flexibility index (Phi) is 3.81. The zero-order valence-corrected chi connectivity index (χ0v) is 11.5. The number of esters is 1. The molecule has 102 valence electrons. The number of para-hydroxylation sites is 1. The van der Waals surface area contributed by atoms with Crippen molar-refractivity contribution >= 4 is 37.4 Å². The minimum absolute atomic E-state index is 0.312. The van der Waals surface area contributed by atoms with Crippen LogP contribution in [-0.2, 0) is 19.4 Å². The van der Waals surface area contributed by atoms with Crippen molar-refractivity contribution in [1.29, 1.82) is 0 Å². The molecule has 0 radical (unpaired) electrons. The van der Waals surface area contributed by atoms with E-state index in [1.54, 1.807) is 24.3 Å². The van der Waals surface area contributed by atoms with Crippen molar-refractivity contribution in [2.75, 3.05) is 6.61 Å². The fourth-order valence-corrected chi connectivity index (χ4v) is 3.79. The molecule has 0 bridgehead atoms. The number of fused-ring (bicyclic) bond motifs is 1. The SMILES string of the molecule is CC(=O)OCC(F)S(=O)(=O)c1nc2ccccc2s1. The molecule has 0 saturated carbocycles. The highest BCUT2D eigenvalue weighted by atomic mass is 32.2. The molecule has 2 aromatic rings. The normalized spacial score (nSPS) is 13.4. The van der Waals surface area contributed by atoms with Gasteiger partial charge in [-0.25, -0.2) is 17.8 Å². The number of alkyl halides is 1. The molecule has 0 spiro atoms. The minimum Gasteiger partial charge on any atom is -0.462 e. The van der Waals surface area contributed by atoms with Crippen LogP contribution in [0.5, 0.6) is 0 Å². The van der Waals surface area contributed by atoms with Crippen molar-refractivity contribution in [3.63, 3.8) is 0 Å². The average molecular weight is 303 g/mol. The molecule has 0 aliphatic carbocycles. The van der Waals surface area contributed by atoms with E-state index in [2.05, 4.69) is 9.72 Å². The first-order valence-electron chi connectivity index (χ1n) is 5.28. The smallest absolute Gasteiger partial charge is 0.302 e. The molecule has 2 rings (SSSR count). The molecule has 0 fully saturated rings. The van der Waals surface area contributed by atoms with Crippen LogP contribution in [0.25, 0.3) is 10.2 Å². The summed E-state index contributed by atoms with van der Waals surface area (Å²) in [6.07, 6.45) is 0. The molecule has 1 aromatic carbocycles. The average Bonchev–Trinajstić information content (AvgIpc) is 2.80. The van der Waals surface area contributed by atoms with Crippen LogP contribution in [-0.4, -0.2) is 31.5 Å². The quantitative estimate of drug-likeness (QED) is 0.807. The van der Waals surface area contributed by atoms with Crippen LogP contribution in [0, 0.1) is 0 Å². The van der Waals surface area contributed by atoms with Gasteiger partial charge in [0.05, 0.1) is 10.2 Å². The van der Waals surface area contributed by atoms with Crippen molar-refractivity contribution in [1.82, 2.24) is 4.98 Å². The van der Waals surface area contributed by atoms with E-state index >= 15 is 0 Å². The standard InChI is InChI=1S/C11H10FNO4S2/c1-7(14)17-6-10(12)19(15,16)11-13-8-4-2-3-5-9(8)18-11/h2-5,10H,6H2,1H3. The van der Waals surface area contributed by atoms with Crippen molar-refractivity contribution in [3.8, 4) is 0 Å². The van der Waals surface area contributed by atoms with Crippen LogP contribution < -0.4 is 0 Å². The molecule has 1 heterocycles. The van der Waals surface area contributed by atoms with Gasteiger partial charge in [-0.05, 0) is 12.1 Å². The van der Waals surface area contributed by atoms with Crippen molar-refractivity contribution in [2.45, 2.75) is 16.8 Å². The van der Waals surface area contributed by atoms with Crippen LogP contribution in [0.3, 0.4) is 0 Å². The number of hydrogen-bond donors (Lipinski definition) is 0. The summed E-state index contributed by atoms with van der Waals surface area (Å²) < 4.78 is 42.2. The van der Waals surface area contributed by atoms with Gasteiger partial charge in [0.25, 0.3) is 0 Å². The zero-order valence-electron chi connectivity index (χ0n) is 9.87. The van der Waals surface area contributed by atoms with E-state index in [-0.39, 0.29) is 4.34 Å². The van der Waals surface area contributed by atoms with Crippen LogP contribution in [0.1, 0.15) is 6.92 Å². The summed E-state index contributed by atoms with van der Waals surface area (Å²) in [5.41, 5.74) is -1.82. The second-order valence-electron chi connectivity index (χ2n) is 3.71. The maximum Gasteiger partial charge on any atom is 0.302 e. The number of benzene rings is 1. The first-order chi connectivity index (χ1) is 8.91. The van der Waals surface area contributed by atoms with Gasteiger partial charge in [0, 0.05) is 6.92 Å². The Hall–Kier alpha value is -1.54. The van der Waals surface area contributed by atoms with Gasteiger partial charge in [0.1, 0.15) is 6.61 Å². The highest BCUT2D eigenvalue weighted by molar-refractivity contribution is 7.93. The third-order valence-corrected chi connectivity index (χ3v) is 5.44. The molecule has 0 aliphatic heterocycles. The summed E-state index contributed by atoms with van der Waals surface area (Å²) in [6.45, 7) is 0.255. The van der Waals surface area contributed by atoms with E-state index in [4.69, 9.17) is 0 Å². The predicted octanol–water partition coefficient (Wildman–Crippen LogP) is 1.93. The number of halogens is 1. The van der Waals surface area contributed by atoms with E-state index in [0.717, 1.165) is 18.3 Å². The number of nitrogens with zero attached hydrogens (tertiary/aromatic N) is 1. The number of carbonyl (C=O) groups is 1. The number of sulfone groups is 1. The minimum atomic E-state index is -4.23. The van der Waals surface area contributed by atoms with Gasteiger partial charge in [-0.15, -0.1) is 11.3 Å². The van der Waals surface area contributed by atoms with Crippen LogP contribution >= 0.6 is 11.3 Å². The molecule has 1 aromatic heterocycles. The largest absolute Gasteiger partial charge is 0.462 e. The maximum absolute atomic E-state index is 13.7. The lowest BCUT2D eigenvalue weighted by Gasteiger charge is -2.06. The van der Waals surface area contributed by atoms with Gasteiger partial charge in [0.15, 0.2) is 0 Å². The maximum atomic E-state index is 13.7. The monoisotopic (exact) mass is 303 g/mol. The molecule has 0 aliphatic rings. The first-order valence-corrected chi connectivity index (χ1v) is 7.64. The summed E-state index contributed by atoms with van der Waals surface area (Å²) in [6, 6.07) is 6.79. The van der Waals surface area contributed by atoms with Crippen LogP contribution in [0.4, 0.5) is 4.39 Å². The Morgan fingerprint density at radius 3 is 2.79 bits per heavy atom. The summed E-state index contributed by atoms with van der Waals surface area (Å²) >= 11 is 0.887. The zero-order chi connectivity index (χ0) is 14.0. The van der Waals surface area contributed by atoms with Crippen molar-refractivity contribution in [3.05, 3.63) is 24.3 Å². The Morgan fingerprint density at radius 1 is 1.47 bits per heavy atom. The molecule has 8 heteroatoms. The lowest BCUT2D eigenvalue weighted by Crippen LogP contribution is -2.23. The van der Waals surface area contributed by atoms with E-state index in [9.17, 15) is 17.6 Å². The van der Waals surface area contributed by atoms with Gasteiger partial charge in [-0.1, -0.05) is 12.1 Å². The predicted molar refractivity (Wildman–Crippen MR) is 68.3 cm³/mol. The number of hydrogen-bond acceptors (Lipinski definition) is 6. The number of thiazole rings is 1. The van der Waals surface area contributed by atoms with Gasteiger partial charge >= 0.3 is 5.97 Å². The van der Waals surface area contributed by atoms with Gasteiger partial charge in [0.2, 0.25) is 19.7 Å². The fourth-order valence-electron chi connectivity index (χ4n) is 1.35. The highest BCUT2D eigenvalue weighted by Crippen LogP contribution is 2.28. The third-order valence-electron chi connectivity index (χ3n) is 2.27. The Bertz CT molecular complexity index is 677. The summed E-state index contributed by atoms with van der Waals surface area (Å²) in [5, 5.41) is 0. The Morgan fingerprint density at radius 2 is 2.16 bits per heavy atom. The Balaban J connectivity index is 2.30. The highest BCUT2D eigenvalue weighted by Gasteiger charge is 2.31. The van der Waals surface area contributed by atoms with Crippen molar-refractivity contribution in [2.24, 2.45) is 0 Å². The molecule has 0 N–H and O–H groups in total. The summed E-state index contributed by atoms with van der Waals surface area (Å²) in [5.74, 6) is -0.734. The number of aromatic nitrogens is 1. The van der Waals surface area contributed by atoms with E-state index in [1.165, 1.54) is 0 Å². The second kappa shape index (κ2) is 5.22. The van der Waals surface area contributed by atoms with E-state index in [1.807, 2.05) is 0 Å². The van der Waals surface area contributed by atoms with Gasteiger partial charge in [-0.2, -0.15) is 0 Å². The second-order valence-corrected chi connectivity index (χ2v) is 6.98. The molecule has 1 atom stereocenters. The fraction of sp³-hybridized carbons (Fsp3) is 0.273. The van der Waals surface area contributed by atoms with E-state index < -0.39 is 27.9 Å². The lowest BCUT2D eigenvalue weighted by molar-refractivity contribution is -0.141.